The van der Waals surface area contributed by atoms with Crippen molar-refractivity contribution >= 4 is 17.4 Å². The number of Topliss-reactive ketones (excluding diaryl/α,β-unsaturated/α-hetero) is 1. The van der Waals surface area contributed by atoms with Crippen molar-refractivity contribution in [2.24, 2.45) is 0 Å². The summed E-state index contributed by atoms with van der Waals surface area (Å²) < 4.78 is 0. The minimum atomic E-state index is -0.515. The number of nitriles is 1. The van der Waals surface area contributed by atoms with Crippen molar-refractivity contribution < 1.29 is 9.59 Å². The summed E-state index contributed by atoms with van der Waals surface area (Å²) in [5, 5.41) is 15.2. The van der Waals surface area contributed by atoms with Crippen LogP contribution in [-0.2, 0) is 17.6 Å². The van der Waals surface area contributed by atoms with E-state index in [1.165, 1.54) is 37.1 Å². The molecule has 2 N–H and O–H groups in total. The summed E-state index contributed by atoms with van der Waals surface area (Å²) in [6, 6.07) is 15.1. The molecule has 0 saturated heterocycles. The summed E-state index contributed by atoms with van der Waals surface area (Å²) in [7, 11) is 0. The second-order valence-electron chi connectivity index (χ2n) is 7.38. The number of benzene rings is 2. The minimum absolute atomic E-state index is 0.0250. The highest BCUT2D eigenvalue weighted by atomic mass is 16.1. The van der Waals surface area contributed by atoms with E-state index in [2.05, 4.69) is 28.8 Å². The number of fused-ring (bicyclic) bond motifs is 1. The molecule has 0 heterocycles. The van der Waals surface area contributed by atoms with E-state index in [4.69, 9.17) is 0 Å². The summed E-state index contributed by atoms with van der Waals surface area (Å²) in [6.45, 7) is 3.47. The topological polar surface area (TPSA) is 82.0 Å². The number of aryl methyl sites for hydroxylation is 2. The van der Waals surface area contributed by atoms with Crippen LogP contribution in [0.15, 0.2) is 54.2 Å². The fraction of sp³-hybridized carbons (Fsp3) is 0.292. The van der Waals surface area contributed by atoms with Gasteiger partial charge in [-0.2, -0.15) is 5.26 Å². The third-order valence-electron chi connectivity index (χ3n) is 5.24. The van der Waals surface area contributed by atoms with Crippen LogP contribution in [-0.4, -0.2) is 11.7 Å². The van der Waals surface area contributed by atoms with Crippen molar-refractivity contribution in [3.05, 3.63) is 76.5 Å². The van der Waals surface area contributed by atoms with Gasteiger partial charge in [0.1, 0.15) is 11.6 Å². The molecular formula is C24H25N3O2. The predicted octanol–water partition coefficient (Wildman–Crippen LogP) is 4.46. The van der Waals surface area contributed by atoms with Crippen LogP contribution in [0.4, 0.5) is 5.69 Å². The number of hydrogen-bond donors (Lipinski definition) is 2. The molecule has 2 aromatic rings. The van der Waals surface area contributed by atoms with Crippen molar-refractivity contribution in [1.29, 1.82) is 5.26 Å². The average molecular weight is 387 g/mol. The van der Waals surface area contributed by atoms with Crippen LogP contribution in [0.5, 0.6) is 0 Å². The predicted molar refractivity (Wildman–Crippen MR) is 113 cm³/mol. The first-order valence-corrected chi connectivity index (χ1v) is 9.88. The Balaban J connectivity index is 1.68. The van der Waals surface area contributed by atoms with Crippen LogP contribution in [0, 0.1) is 11.3 Å². The van der Waals surface area contributed by atoms with Gasteiger partial charge in [-0.25, -0.2) is 0 Å². The largest absolute Gasteiger partial charge is 0.383 e. The summed E-state index contributed by atoms with van der Waals surface area (Å²) in [6.07, 6.45) is 6.17. The lowest BCUT2D eigenvalue weighted by atomic mass is 9.89. The van der Waals surface area contributed by atoms with Gasteiger partial charge in [0.15, 0.2) is 5.78 Å². The van der Waals surface area contributed by atoms with Crippen LogP contribution in [0.2, 0.25) is 0 Å². The van der Waals surface area contributed by atoms with Crippen LogP contribution in [0.1, 0.15) is 59.8 Å². The molecule has 0 aliphatic heterocycles. The van der Waals surface area contributed by atoms with Crippen molar-refractivity contribution in [1.82, 2.24) is 5.32 Å². The van der Waals surface area contributed by atoms with Crippen molar-refractivity contribution in [3.63, 3.8) is 0 Å². The first-order valence-electron chi connectivity index (χ1n) is 9.88. The summed E-state index contributed by atoms with van der Waals surface area (Å²) in [4.78, 5) is 23.9. The van der Waals surface area contributed by atoms with E-state index in [0.717, 1.165) is 18.4 Å². The molecule has 5 heteroatoms. The maximum Gasteiger partial charge on any atom is 0.267 e. The molecule has 1 unspecified atom stereocenters. The monoisotopic (exact) mass is 387 g/mol. The van der Waals surface area contributed by atoms with Crippen LogP contribution in [0.3, 0.4) is 0 Å². The fourth-order valence-corrected chi connectivity index (χ4v) is 3.49. The summed E-state index contributed by atoms with van der Waals surface area (Å²) in [5.41, 5.74) is 4.91. The van der Waals surface area contributed by atoms with E-state index >= 15 is 0 Å². The number of nitrogens with zero attached hydrogens (tertiary/aromatic N) is 1. The first kappa shape index (κ1) is 20.3. The number of carbonyl (C=O) groups is 2. The minimum Gasteiger partial charge on any atom is -0.383 e. The maximum absolute atomic E-state index is 12.4. The highest BCUT2D eigenvalue weighted by Crippen LogP contribution is 2.24. The lowest BCUT2D eigenvalue weighted by molar-refractivity contribution is -0.112. The van der Waals surface area contributed by atoms with Gasteiger partial charge in [0, 0.05) is 23.5 Å². The third kappa shape index (κ3) is 5.11. The van der Waals surface area contributed by atoms with Gasteiger partial charge in [-0.05, 0) is 68.4 Å². The average Bonchev–Trinajstić information content (AvgIpc) is 2.73. The Morgan fingerprint density at radius 1 is 1.10 bits per heavy atom. The molecule has 0 fully saturated rings. The Bertz CT molecular complexity index is 1000. The normalized spacial score (nSPS) is 14.3. The third-order valence-corrected chi connectivity index (χ3v) is 5.24. The molecule has 0 aromatic heterocycles. The van der Waals surface area contributed by atoms with E-state index in [0.29, 0.717) is 11.3 Å². The molecule has 148 valence electrons. The van der Waals surface area contributed by atoms with Crippen LogP contribution >= 0.6 is 0 Å². The number of rotatable bonds is 6. The van der Waals surface area contributed by atoms with Gasteiger partial charge in [-0.1, -0.05) is 30.3 Å². The Morgan fingerprint density at radius 3 is 2.59 bits per heavy atom. The molecule has 1 aliphatic carbocycles. The Labute approximate surface area is 171 Å². The molecular weight excluding hydrogens is 362 g/mol. The van der Waals surface area contributed by atoms with Crippen molar-refractivity contribution in [3.8, 4) is 6.07 Å². The SMILES string of the molecule is CC(=O)c1cccc(NC(=O)/C(C#N)=C\NC(C)c2ccc3c(c2)CCCC3)c1. The van der Waals surface area contributed by atoms with Crippen LogP contribution in [0.25, 0.3) is 0 Å². The zero-order valence-corrected chi connectivity index (χ0v) is 16.8. The maximum atomic E-state index is 12.4. The lowest BCUT2D eigenvalue weighted by Crippen LogP contribution is -2.19. The van der Waals surface area contributed by atoms with Crippen molar-refractivity contribution in [2.75, 3.05) is 5.32 Å². The fourth-order valence-electron chi connectivity index (χ4n) is 3.49. The highest BCUT2D eigenvalue weighted by molar-refractivity contribution is 6.07. The molecule has 1 atom stereocenters. The van der Waals surface area contributed by atoms with Gasteiger partial charge in [0.25, 0.3) is 5.91 Å². The van der Waals surface area contributed by atoms with E-state index in [1.807, 2.05) is 13.0 Å². The highest BCUT2D eigenvalue weighted by Gasteiger charge is 2.14. The second kappa shape index (κ2) is 9.20. The van der Waals surface area contributed by atoms with Gasteiger partial charge < -0.3 is 10.6 Å². The van der Waals surface area contributed by atoms with Gasteiger partial charge in [-0.15, -0.1) is 0 Å². The number of amides is 1. The number of anilines is 1. The zero-order chi connectivity index (χ0) is 20.8. The smallest absolute Gasteiger partial charge is 0.267 e. The standard InChI is InChI=1S/C24H25N3O2/c1-16(19-11-10-18-6-3-4-7-21(18)12-19)26-15-22(14-25)24(29)27-23-9-5-8-20(13-23)17(2)28/h5,8-13,15-16,26H,3-4,6-7H2,1-2H3,(H,27,29)/b22-15-. The Hall–Kier alpha value is -3.39. The second-order valence-corrected chi connectivity index (χ2v) is 7.38. The number of carbonyl (C=O) groups excluding carboxylic acids is 2. The molecule has 2 aromatic carbocycles. The molecule has 1 amide bonds. The van der Waals surface area contributed by atoms with Gasteiger partial charge >= 0.3 is 0 Å². The Kier molecular flexibility index (Phi) is 6.46. The molecule has 3 rings (SSSR count). The molecule has 1 aliphatic rings. The molecule has 0 bridgehead atoms. The van der Waals surface area contributed by atoms with Crippen LogP contribution < -0.4 is 10.6 Å². The van der Waals surface area contributed by atoms with E-state index in [-0.39, 0.29) is 17.4 Å². The molecule has 29 heavy (non-hydrogen) atoms. The quantitative estimate of drug-likeness (QED) is 0.435. The van der Waals surface area contributed by atoms with E-state index < -0.39 is 5.91 Å². The molecule has 0 radical (unpaired) electrons. The van der Waals surface area contributed by atoms with Gasteiger partial charge in [0.05, 0.1) is 0 Å². The van der Waals surface area contributed by atoms with Gasteiger partial charge in [0.2, 0.25) is 0 Å². The van der Waals surface area contributed by atoms with E-state index in [1.54, 1.807) is 24.3 Å². The summed E-state index contributed by atoms with van der Waals surface area (Å²) >= 11 is 0. The number of hydrogen-bond acceptors (Lipinski definition) is 4. The zero-order valence-electron chi connectivity index (χ0n) is 16.8. The lowest BCUT2D eigenvalue weighted by Gasteiger charge is -2.19. The van der Waals surface area contributed by atoms with E-state index in [9.17, 15) is 14.9 Å². The molecule has 0 saturated carbocycles. The molecule has 0 spiro atoms. The Morgan fingerprint density at radius 2 is 1.86 bits per heavy atom. The number of ketones is 1. The number of nitrogens with one attached hydrogen (secondary N) is 2. The summed E-state index contributed by atoms with van der Waals surface area (Å²) in [5.74, 6) is -0.601. The van der Waals surface area contributed by atoms with Crippen molar-refractivity contribution in [2.45, 2.75) is 45.6 Å². The first-order chi connectivity index (χ1) is 14.0. The van der Waals surface area contributed by atoms with Gasteiger partial charge in [-0.3, -0.25) is 9.59 Å². The molecule has 5 nitrogen and oxygen atoms in total.